The molecule has 2 heterocycles. The molecule has 0 aliphatic carbocycles. The van der Waals surface area contributed by atoms with Crippen LogP contribution in [-0.2, 0) is 10.2 Å². The number of hydrogen-bond donors (Lipinski definition) is 1. The molecular weight excluding hydrogens is 330 g/mol. The molecule has 1 N–H and O–H groups in total. The van der Waals surface area contributed by atoms with E-state index in [1.807, 2.05) is 13.1 Å². The number of rotatable bonds is 4. The van der Waals surface area contributed by atoms with E-state index in [9.17, 15) is 0 Å². The second kappa shape index (κ2) is 6.34. The van der Waals surface area contributed by atoms with Gasteiger partial charge in [-0.15, -0.1) is 0 Å². The predicted octanol–water partition coefficient (Wildman–Crippen LogP) is 4.05. The fraction of sp³-hybridized carbons (Fsp3) is 0.412. The van der Waals surface area contributed by atoms with Gasteiger partial charge < -0.3 is 14.5 Å². The smallest absolute Gasteiger partial charge is 0.135 e. The Bertz CT molecular complexity index is 575. The van der Waals surface area contributed by atoms with E-state index in [4.69, 9.17) is 9.15 Å². The van der Waals surface area contributed by atoms with Crippen LogP contribution in [0.1, 0.15) is 30.2 Å². The Hall–Kier alpha value is -1.10. The molecule has 1 aliphatic heterocycles. The Morgan fingerprint density at radius 3 is 2.43 bits per heavy atom. The molecule has 1 atom stereocenters. The summed E-state index contributed by atoms with van der Waals surface area (Å²) in [6.07, 6.45) is 3.70. The molecule has 4 heteroatoms. The molecule has 21 heavy (non-hydrogen) atoms. The van der Waals surface area contributed by atoms with Crippen molar-refractivity contribution in [2.75, 3.05) is 20.3 Å². The van der Waals surface area contributed by atoms with E-state index in [-0.39, 0.29) is 11.5 Å². The topological polar surface area (TPSA) is 34.4 Å². The largest absolute Gasteiger partial charge is 0.466 e. The van der Waals surface area contributed by atoms with Crippen LogP contribution in [-0.4, -0.2) is 20.3 Å². The zero-order valence-corrected chi connectivity index (χ0v) is 13.7. The quantitative estimate of drug-likeness (QED) is 0.903. The Morgan fingerprint density at radius 2 is 1.86 bits per heavy atom. The number of ether oxygens (including phenoxy) is 1. The van der Waals surface area contributed by atoms with Crippen molar-refractivity contribution in [2.45, 2.75) is 24.3 Å². The van der Waals surface area contributed by atoms with Crippen LogP contribution in [0.5, 0.6) is 0 Å². The molecule has 0 spiro atoms. The van der Waals surface area contributed by atoms with E-state index in [0.717, 1.165) is 36.3 Å². The van der Waals surface area contributed by atoms with E-state index >= 15 is 0 Å². The summed E-state index contributed by atoms with van der Waals surface area (Å²) in [5, 5.41) is 3.48. The minimum absolute atomic E-state index is 0.00532. The average Bonchev–Trinajstić information content (AvgIpc) is 2.96. The summed E-state index contributed by atoms with van der Waals surface area (Å²) in [7, 11) is 2.00. The zero-order chi connectivity index (χ0) is 14.7. The highest BCUT2D eigenvalue weighted by atomic mass is 79.9. The van der Waals surface area contributed by atoms with Crippen molar-refractivity contribution in [2.24, 2.45) is 0 Å². The van der Waals surface area contributed by atoms with Gasteiger partial charge in [-0.1, -0.05) is 30.3 Å². The minimum atomic E-state index is -0.00532. The van der Waals surface area contributed by atoms with E-state index in [1.165, 1.54) is 5.56 Å². The monoisotopic (exact) mass is 349 g/mol. The highest BCUT2D eigenvalue weighted by Gasteiger charge is 2.44. The number of hydrogen-bond acceptors (Lipinski definition) is 3. The van der Waals surface area contributed by atoms with Crippen molar-refractivity contribution >= 4 is 15.9 Å². The zero-order valence-electron chi connectivity index (χ0n) is 12.1. The Morgan fingerprint density at radius 1 is 1.14 bits per heavy atom. The van der Waals surface area contributed by atoms with E-state index in [2.05, 4.69) is 51.6 Å². The molecule has 1 aliphatic rings. The summed E-state index contributed by atoms with van der Waals surface area (Å²) in [6.45, 7) is 1.57. The molecule has 0 amide bonds. The van der Waals surface area contributed by atoms with Crippen LogP contribution in [0.25, 0.3) is 0 Å². The highest BCUT2D eigenvalue weighted by molar-refractivity contribution is 9.10. The normalized spacial score (nSPS) is 19.3. The number of likely N-dealkylation sites (N-methyl/N-ethyl adjacent to an activating group) is 1. The van der Waals surface area contributed by atoms with Gasteiger partial charge in [-0.3, -0.25) is 0 Å². The van der Waals surface area contributed by atoms with Crippen LogP contribution in [0.2, 0.25) is 0 Å². The van der Waals surface area contributed by atoms with Crippen LogP contribution in [0, 0.1) is 0 Å². The van der Waals surface area contributed by atoms with Gasteiger partial charge >= 0.3 is 0 Å². The summed E-state index contributed by atoms with van der Waals surface area (Å²) in [5.74, 6) is 0.961. The fourth-order valence-corrected chi connectivity index (χ4v) is 3.85. The summed E-state index contributed by atoms with van der Waals surface area (Å²) in [4.78, 5) is 0. The Labute approximate surface area is 133 Å². The van der Waals surface area contributed by atoms with Gasteiger partial charge in [0.15, 0.2) is 0 Å². The van der Waals surface area contributed by atoms with Crippen molar-refractivity contribution in [3.05, 3.63) is 58.5 Å². The molecule has 1 aromatic heterocycles. The summed E-state index contributed by atoms with van der Waals surface area (Å²) >= 11 is 3.61. The molecule has 3 nitrogen and oxygen atoms in total. The van der Waals surface area contributed by atoms with Crippen LogP contribution >= 0.6 is 15.9 Å². The first kappa shape index (κ1) is 14.8. The molecular formula is C17H20BrNO2. The van der Waals surface area contributed by atoms with Gasteiger partial charge in [0.25, 0.3) is 0 Å². The first-order valence-corrected chi connectivity index (χ1v) is 8.10. The third kappa shape index (κ3) is 2.68. The number of nitrogens with one attached hydrogen (secondary N) is 1. The van der Waals surface area contributed by atoms with Crippen LogP contribution in [0.15, 0.2) is 51.6 Å². The molecule has 112 valence electrons. The van der Waals surface area contributed by atoms with Crippen molar-refractivity contribution < 1.29 is 9.15 Å². The maximum atomic E-state index is 5.77. The lowest BCUT2D eigenvalue weighted by Gasteiger charge is -2.43. The second-order valence-electron chi connectivity index (χ2n) is 5.49. The lowest BCUT2D eigenvalue weighted by atomic mass is 9.68. The third-order valence-electron chi connectivity index (χ3n) is 4.48. The lowest BCUT2D eigenvalue weighted by Crippen LogP contribution is -2.44. The van der Waals surface area contributed by atoms with Crippen LogP contribution in [0.3, 0.4) is 0 Å². The van der Waals surface area contributed by atoms with Crippen LogP contribution < -0.4 is 5.32 Å². The Balaban J connectivity index is 2.08. The van der Waals surface area contributed by atoms with Gasteiger partial charge in [0.1, 0.15) is 5.76 Å². The van der Waals surface area contributed by atoms with Gasteiger partial charge in [-0.2, -0.15) is 0 Å². The SMILES string of the molecule is CNC(c1occc1Br)C1(c2ccccc2)CCOCC1. The average molecular weight is 350 g/mol. The molecule has 1 unspecified atom stereocenters. The van der Waals surface area contributed by atoms with Crippen molar-refractivity contribution in [3.8, 4) is 0 Å². The number of furan rings is 1. The molecule has 0 radical (unpaired) electrons. The standard InChI is InChI=1S/C17H20BrNO2/c1-19-16(15-14(18)7-10-21-15)17(8-11-20-12-9-17)13-5-3-2-4-6-13/h2-7,10,16,19H,8-9,11-12H2,1H3. The predicted molar refractivity (Wildman–Crippen MR) is 86.4 cm³/mol. The number of halogens is 1. The highest BCUT2D eigenvalue weighted by Crippen LogP contribution is 2.46. The van der Waals surface area contributed by atoms with E-state index in [1.54, 1.807) is 6.26 Å². The van der Waals surface area contributed by atoms with Crippen molar-refractivity contribution in [3.63, 3.8) is 0 Å². The summed E-state index contributed by atoms with van der Waals surface area (Å²) in [5.41, 5.74) is 1.34. The molecule has 0 bridgehead atoms. The molecule has 1 saturated heterocycles. The first-order chi connectivity index (χ1) is 10.3. The second-order valence-corrected chi connectivity index (χ2v) is 6.34. The minimum Gasteiger partial charge on any atom is -0.466 e. The van der Waals surface area contributed by atoms with Crippen molar-refractivity contribution in [1.82, 2.24) is 5.32 Å². The van der Waals surface area contributed by atoms with Crippen LogP contribution in [0.4, 0.5) is 0 Å². The third-order valence-corrected chi connectivity index (χ3v) is 5.14. The molecule has 0 saturated carbocycles. The molecule has 1 aromatic carbocycles. The van der Waals surface area contributed by atoms with E-state index < -0.39 is 0 Å². The van der Waals surface area contributed by atoms with Gasteiger partial charge in [0.2, 0.25) is 0 Å². The molecule has 1 fully saturated rings. The fourth-order valence-electron chi connectivity index (χ4n) is 3.42. The first-order valence-electron chi connectivity index (χ1n) is 7.31. The molecule has 2 aromatic rings. The number of benzene rings is 1. The van der Waals surface area contributed by atoms with E-state index in [0.29, 0.717) is 0 Å². The maximum absolute atomic E-state index is 5.77. The lowest BCUT2D eigenvalue weighted by molar-refractivity contribution is 0.0317. The van der Waals surface area contributed by atoms with Crippen molar-refractivity contribution in [1.29, 1.82) is 0 Å². The maximum Gasteiger partial charge on any atom is 0.135 e. The summed E-state index contributed by atoms with van der Waals surface area (Å²) in [6, 6.07) is 12.8. The van der Waals surface area contributed by atoms with Gasteiger partial charge in [0, 0.05) is 18.6 Å². The van der Waals surface area contributed by atoms with Gasteiger partial charge in [0.05, 0.1) is 16.8 Å². The molecule has 3 rings (SSSR count). The summed E-state index contributed by atoms with van der Waals surface area (Å²) < 4.78 is 12.4. The van der Waals surface area contributed by atoms with Gasteiger partial charge in [-0.25, -0.2) is 0 Å². The Kier molecular flexibility index (Phi) is 4.48. The van der Waals surface area contributed by atoms with Gasteiger partial charge in [-0.05, 0) is 47.4 Å².